The van der Waals surface area contributed by atoms with E-state index in [1.807, 2.05) is 30.3 Å². The van der Waals surface area contributed by atoms with Crippen molar-refractivity contribution in [2.24, 2.45) is 0 Å². The van der Waals surface area contributed by atoms with Crippen molar-refractivity contribution >= 4 is 16.7 Å². The zero-order valence-corrected chi connectivity index (χ0v) is 14.5. The maximum Gasteiger partial charge on any atom is 0.220 e. The number of fused-ring (bicyclic) bond motifs is 1. The third-order valence-corrected chi connectivity index (χ3v) is 4.18. The first-order valence-corrected chi connectivity index (χ1v) is 8.64. The van der Waals surface area contributed by atoms with Crippen LogP contribution in [0.1, 0.15) is 17.5 Å². The van der Waals surface area contributed by atoms with E-state index in [9.17, 15) is 4.79 Å². The average molecular weight is 333 g/mol. The van der Waals surface area contributed by atoms with E-state index in [-0.39, 0.29) is 5.91 Å². The zero-order chi connectivity index (χ0) is 17.5. The van der Waals surface area contributed by atoms with Gasteiger partial charge in [-0.05, 0) is 41.8 Å². The Morgan fingerprint density at radius 2 is 1.72 bits per heavy atom. The molecule has 0 atom stereocenters. The van der Waals surface area contributed by atoms with Crippen LogP contribution >= 0.6 is 0 Å². The summed E-state index contributed by atoms with van der Waals surface area (Å²) in [6.07, 6.45) is 1.26. The first kappa shape index (κ1) is 17.0. The molecule has 0 aliphatic heterocycles. The Morgan fingerprint density at radius 1 is 0.960 bits per heavy atom. The molecule has 0 heterocycles. The summed E-state index contributed by atoms with van der Waals surface area (Å²) in [6, 6.07) is 22.5. The van der Waals surface area contributed by atoms with Crippen LogP contribution in [0, 0.1) is 6.92 Å². The fraction of sp³-hybridized carbons (Fsp3) is 0.227. The van der Waals surface area contributed by atoms with E-state index in [0.29, 0.717) is 19.6 Å². The molecule has 0 saturated heterocycles. The van der Waals surface area contributed by atoms with Gasteiger partial charge < -0.3 is 10.1 Å². The highest BCUT2D eigenvalue weighted by molar-refractivity contribution is 5.83. The molecular formula is C22H23NO2. The van der Waals surface area contributed by atoms with Gasteiger partial charge in [-0.15, -0.1) is 0 Å². The third-order valence-electron chi connectivity index (χ3n) is 4.18. The lowest BCUT2D eigenvalue weighted by molar-refractivity contribution is -0.121. The van der Waals surface area contributed by atoms with Crippen LogP contribution in [0.2, 0.25) is 0 Å². The number of hydrogen-bond acceptors (Lipinski definition) is 2. The van der Waals surface area contributed by atoms with Crippen LogP contribution in [0.25, 0.3) is 10.8 Å². The molecule has 0 fully saturated rings. The van der Waals surface area contributed by atoms with E-state index >= 15 is 0 Å². The monoisotopic (exact) mass is 333 g/mol. The van der Waals surface area contributed by atoms with Crippen molar-refractivity contribution in [2.45, 2.75) is 19.8 Å². The predicted molar refractivity (Wildman–Crippen MR) is 102 cm³/mol. The van der Waals surface area contributed by atoms with E-state index in [4.69, 9.17) is 4.74 Å². The van der Waals surface area contributed by atoms with Gasteiger partial charge in [-0.3, -0.25) is 4.79 Å². The number of carbonyl (C=O) groups is 1. The number of ether oxygens (including phenoxy) is 1. The van der Waals surface area contributed by atoms with Gasteiger partial charge in [0.05, 0.1) is 6.54 Å². The molecule has 0 bridgehead atoms. The lowest BCUT2D eigenvalue weighted by atomic mass is 10.1. The molecule has 25 heavy (non-hydrogen) atoms. The van der Waals surface area contributed by atoms with Crippen LogP contribution in [0.3, 0.4) is 0 Å². The Kier molecular flexibility index (Phi) is 5.68. The largest absolute Gasteiger partial charge is 0.492 e. The fourth-order valence-corrected chi connectivity index (χ4v) is 2.72. The van der Waals surface area contributed by atoms with Crippen LogP contribution < -0.4 is 10.1 Å². The first-order chi connectivity index (χ1) is 12.2. The molecule has 3 rings (SSSR count). The number of amides is 1. The minimum atomic E-state index is 0.0580. The van der Waals surface area contributed by atoms with Gasteiger partial charge in [-0.1, -0.05) is 60.2 Å². The van der Waals surface area contributed by atoms with Crippen molar-refractivity contribution < 1.29 is 9.53 Å². The lowest BCUT2D eigenvalue weighted by Gasteiger charge is -2.09. The molecule has 0 radical (unpaired) electrons. The number of aryl methyl sites for hydroxylation is 2. The highest BCUT2D eigenvalue weighted by Crippen LogP contribution is 2.20. The van der Waals surface area contributed by atoms with E-state index < -0.39 is 0 Å². The average Bonchev–Trinajstić information content (AvgIpc) is 2.64. The minimum Gasteiger partial charge on any atom is -0.492 e. The number of carbonyl (C=O) groups excluding carboxylic acids is 1. The van der Waals surface area contributed by atoms with Gasteiger partial charge in [-0.2, -0.15) is 0 Å². The molecule has 0 aromatic heterocycles. The standard InChI is InChI=1S/C22H23NO2/c1-17-6-8-18(9-7-17)10-13-22(24)23-14-15-25-21-12-11-19-4-2-3-5-20(19)16-21/h2-9,11-12,16H,10,13-15H2,1H3,(H,23,24). The van der Waals surface area contributed by atoms with Crippen LogP contribution in [-0.4, -0.2) is 19.1 Å². The molecule has 1 N–H and O–H groups in total. The molecule has 3 nitrogen and oxygen atoms in total. The summed E-state index contributed by atoms with van der Waals surface area (Å²) in [7, 11) is 0. The van der Waals surface area contributed by atoms with Crippen LogP contribution in [0.4, 0.5) is 0 Å². The summed E-state index contributed by atoms with van der Waals surface area (Å²) in [5, 5.41) is 5.26. The number of nitrogens with one attached hydrogen (secondary N) is 1. The van der Waals surface area contributed by atoms with Gasteiger partial charge in [0.15, 0.2) is 0 Å². The van der Waals surface area contributed by atoms with Crippen molar-refractivity contribution in [3.63, 3.8) is 0 Å². The van der Waals surface area contributed by atoms with Crippen molar-refractivity contribution in [1.29, 1.82) is 0 Å². The second kappa shape index (κ2) is 8.34. The molecule has 3 aromatic rings. The molecule has 0 aliphatic rings. The van der Waals surface area contributed by atoms with Gasteiger partial charge >= 0.3 is 0 Å². The Labute approximate surface area is 148 Å². The summed E-state index contributed by atoms with van der Waals surface area (Å²) < 4.78 is 5.73. The van der Waals surface area contributed by atoms with Gasteiger partial charge in [0, 0.05) is 6.42 Å². The van der Waals surface area contributed by atoms with E-state index in [2.05, 4.69) is 48.6 Å². The summed E-state index contributed by atoms with van der Waals surface area (Å²) in [6.45, 7) is 3.04. The van der Waals surface area contributed by atoms with Crippen molar-refractivity contribution in [2.75, 3.05) is 13.2 Å². The first-order valence-electron chi connectivity index (χ1n) is 8.64. The molecular weight excluding hydrogens is 310 g/mol. The Bertz CT molecular complexity index is 840. The normalized spacial score (nSPS) is 10.6. The van der Waals surface area contributed by atoms with Crippen molar-refractivity contribution in [3.05, 3.63) is 77.9 Å². The molecule has 0 aliphatic carbocycles. The highest BCUT2D eigenvalue weighted by atomic mass is 16.5. The number of benzene rings is 3. The van der Waals surface area contributed by atoms with Gasteiger partial charge in [0.25, 0.3) is 0 Å². The number of rotatable bonds is 7. The molecule has 128 valence electrons. The number of hydrogen-bond donors (Lipinski definition) is 1. The minimum absolute atomic E-state index is 0.0580. The second-order valence-corrected chi connectivity index (χ2v) is 6.19. The predicted octanol–water partition coefficient (Wildman–Crippen LogP) is 4.28. The molecule has 3 aromatic carbocycles. The van der Waals surface area contributed by atoms with E-state index in [0.717, 1.165) is 17.6 Å². The Morgan fingerprint density at radius 3 is 2.52 bits per heavy atom. The Hall–Kier alpha value is -2.81. The third kappa shape index (κ3) is 5.08. The molecule has 0 spiro atoms. The lowest BCUT2D eigenvalue weighted by Crippen LogP contribution is -2.28. The van der Waals surface area contributed by atoms with Crippen LogP contribution in [0.15, 0.2) is 66.7 Å². The van der Waals surface area contributed by atoms with E-state index in [1.54, 1.807) is 0 Å². The Balaban J connectivity index is 1.38. The second-order valence-electron chi connectivity index (χ2n) is 6.19. The summed E-state index contributed by atoms with van der Waals surface area (Å²) >= 11 is 0. The summed E-state index contributed by atoms with van der Waals surface area (Å²) in [5.41, 5.74) is 2.42. The summed E-state index contributed by atoms with van der Waals surface area (Å²) in [4.78, 5) is 11.9. The smallest absolute Gasteiger partial charge is 0.220 e. The van der Waals surface area contributed by atoms with Gasteiger partial charge in [-0.25, -0.2) is 0 Å². The zero-order valence-electron chi connectivity index (χ0n) is 14.5. The van der Waals surface area contributed by atoms with Crippen molar-refractivity contribution in [3.8, 4) is 5.75 Å². The molecule has 3 heteroatoms. The van der Waals surface area contributed by atoms with Crippen molar-refractivity contribution in [1.82, 2.24) is 5.32 Å². The van der Waals surface area contributed by atoms with E-state index in [1.165, 1.54) is 16.5 Å². The fourth-order valence-electron chi connectivity index (χ4n) is 2.72. The van der Waals surface area contributed by atoms with Gasteiger partial charge in [0.2, 0.25) is 5.91 Å². The van der Waals surface area contributed by atoms with Crippen LogP contribution in [-0.2, 0) is 11.2 Å². The maximum absolute atomic E-state index is 11.9. The molecule has 0 unspecified atom stereocenters. The maximum atomic E-state index is 11.9. The summed E-state index contributed by atoms with van der Waals surface area (Å²) in [5.74, 6) is 0.885. The highest BCUT2D eigenvalue weighted by Gasteiger charge is 2.02. The SMILES string of the molecule is Cc1ccc(CCC(=O)NCCOc2ccc3ccccc3c2)cc1. The topological polar surface area (TPSA) is 38.3 Å². The van der Waals surface area contributed by atoms with Crippen LogP contribution in [0.5, 0.6) is 5.75 Å². The molecule has 1 amide bonds. The molecule has 0 saturated carbocycles. The van der Waals surface area contributed by atoms with Gasteiger partial charge in [0.1, 0.15) is 12.4 Å². The quantitative estimate of drug-likeness (QED) is 0.656.